The van der Waals surface area contributed by atoms with E-state index in [0.717, 1.165) is 42.2 Å². The average molecular weight is 293 g/mol. The molecule has 0 amide bonds. The molecule has 3 aliphatic heterocycles. The van der Waals surface area contributed by atoms with Crippen molar-refractivity contribution in [1.82, 2.24) is 10.2 Å². The van der Waals surface area contributed by atoms with Crippen LogP contribution in [0.4, 0.5) is 0 Å². The molecule has 0 spiro atoms. The Morgan fingerprint density at radius 3 is 3.15 bits per heavy atom. The summed E-state index contributed by atoms with van der Waals surface area (Å²) < 4.78 is 5.83. The van der Waals surface area contributed by atoms with Gasteiger partial charge in [0.2, 0.25) is 0 Å². The molecule has 1 N–H and O–H groups in total. The summed E-state index contributed by atoms with van der Waals surface area (Å²) in [6.45, 7) is 7.68. The molecule has 0 aliphatic carbocycles. The monoisotopic (exact) mass is 292 g/mol. The summed E-state index contributed by atoms with van der Waals surface area (Å²) in [5, 5.41) is 4.36. The minimum atomic E-state index is 0.644. The summed E-state index contributed by atoms with van der Waals surface area (Å²) in [7, 11) is 0. The Kier molecular flexibility index (Phi) is 3.17. The first-order chi connectivity index (χ1) is 9.72. The maximum atomic E-state index is 6.26. The molecule has 0 aromatic heterocycles. The molecule has 2 fully saturated rings. The molecule has 3 nitrogen and oxygen atoms in total. The van der Waals surface area contributed by atoms with Crippen molar-refractivity contribution in [2.75, 3.05) is 26.2 Å². The molecule has 3 unspecified atom stereocenters. The third kappa shape index (κ3) is 2.03. The molecule has 0 bridgehead atoms. The molecule has 4 rings (SSSR count). The normalized spacial score (nSPS) is 32.2. The molecule has 4 heteroatoms. The summed E-state index contributed by atoms with van der Waals surface area (Å²) in [6.07, 6.45) is 0.994. The van der Waals surface area contributed by atoms with Crippen LogP contribution in [0, 0.1) is 11.8 Å². The van der Waals surface area contributed by atoms with E-state index in [1.165, 1.54) is 30.8 Å². The van der Waals surface area contributed by atoms with Crippen molar-refractivity contribution in [3.8, 4) is 5.75 Å². The zero-order valence-corrected chi connectivity index (χ0v) is 12.6. The van der Waals surface area contributed by atoms with Crippen LogP contribution in [0.15, 0.2) is 12.1 Å². The molecular formula is C16H21ClN2O. The van der Waals surface area contributed by atoms with Gasteiger partial charge in [-0.1, -0.05) is 11.6 Å². The Hall–Kier alpha value is -0.770. The number of hydrogen-bond donors (Lipinski definition) is 1. The van der Waals surface area contributed by atoms with Gasteiger partial charge in [-0.15, -0.1) is 0 Å². The van der Waals surface area contributed by atoms with Crippen molar-refractivity contribution >= 4 is 11.6 Å². The highest BCUT2D eigenvalue weighted by molar-refractivity contribution is 6.30. The Bertz CT molecular complexity index is 533. The Labute approximate surface area is 125 Å². The van der Waals surface area contributed by atoms with Gasteiger partial charge in [-0.25, -0.2) is 0 Å². The number of ether oxygens (including phenoxy) is 1. The number of nitrogens with zero attached hydrogens (tertiary/aromatic N) is 1. The van der Waals surface area contributed by atoms with Crippen molar-refractivity contribution in [2.45, 2.75) is 25.9 Å². The van der Waals surface area contributed by atoms with E-state index in [-0.39, 0.29) is 0 Å². The molecule has 1 aromatic rings. The van der Waals surface area contributed by atoms with Gasteiger partial charge in [-0.05, 0) is 49.5 Å². The zero-order chi connectivity index (χ0) is 13.7. The molecule has 0 radical (unpaired) electrons. The lowest BCUT2D eigenvalue weighted by Crippen LogP contribution is -2.32. The number of fused-ring (bicyclic) bond motifs is 2. The highest BCUT2D eigenvalue weighted by atomic mass is 35.5. The standard InChI is InChI=1S/C16H21ClN2O/c1-10-15-7-18-6-13(15)9-19(10)8-12-5-14(17)4-11-2-3-20-16(11)12/h4-5,10,13,15,18H,2-3,6-9H2,1H3. The van der Waals surface area contributed by atoms with Crippen molar-refractivity contribution in [3.63, 3.8) is 0 Å². The highest BCUT2D eigenvalue weighted by Gasteiger charge is 2.41. The van der Waals surface area contributed by atoms with E-state index in [1.807, 2.05) is 0 Å². The quantitative estimate of drug-likeness (QED) is 0.905. The molecule has 2 saturated heterocycles. The van der Waals surface area contributed by atoms with Crippen LogP contribution >= 0.6 is 11.6 Å². The van der Waals surface area contributed by atoms with Crippen molar-refractivity contribution in [1.29, 1.82) is 0 Å². The molecule has 3 heterocycles. The first-order valence-electron chi connectivity index (χ1n) is 7.61. The first kappa shape index (κ1) is 12.9. The van der Waals surface area contributed by atoms with E-state index < -0.39 is 0 Å². The van der Waals surface area contributed by atoms with Crippen molar-refractivity contribution < 1.29 is 4.74 Å². The zero-order valence-electron chi connectivity index (χ0n) is 11.9. The van der Waals surface area contributed by atoms with Crippen LogP contribution in [0.1, 0.15) is 18.1 Å². The van der Waals surface area contributed by atoms with Crippen molar-refractivity contribution in [3.05, 3.63) is 28.3 Å². The van der Waals surface area contributed by atoms with E-state index in [1.54, 1.807) is 0 Å². The van der Waals surface area contributed by atoms with E-state index in [9.17, 15) is 0 Å². The Balaban J connectivity index is 1.58. The average Bonchev–Trinajstić information content (AvgIpc) is 3.09. The topological polar surface area (TPSA) is 24.5 Å². The Morgan fingerprint density at radius 2 is 2.30 bits per heavy atom. The molecular weight excluding hydrogens is 272 g/mol. The molecule has 3 atom stereocenters. The van der Waals surface area contributed by atoms with Crippen LogP contribution in [0.3, 0.4) is 0 Å². The first-order valence-corrected chi connectivity index (χ1v) is 7.99. The van der Waals surface area contributed by atoms with Gasteiger partial charge in [0.15, 0.2) is 0 Å². The highest BCUT2D eigenvalue weighted by Crippen LogP contribution is 2.37. The van der Waals surface area contributed by atoms with Crippen molar-refractivity contribution in [2.24, 2.45) is 11.8 Å². The maximum absolute atomic E-state index is 6.26. The van der Waals surface area contributed by atoms with Gasteiger partial charge in [0, 0.05) is 36.1 Å². The number of hydrogen-bond acceptors (Lipinski definition) is 3. The van der Waals surface area contributed by atoms with Gasteiger partial charge in [0.05, 0.1) is 6.61 Å². The van der Waals surface area contributed by atoms with E-state index in [2.05, 4.69) is 29.3 Å². The van der Waals surface area contributed by atoms with Gasteiger partial charge in [-0.2, -0.15) is 0 Å². The molecule has 3 aliphatic rings. The van der Waals surface area contributed by atoms with E-state index >= 15 is 0 Å². The summed E-state index contributed by atoms with van der Waals surface area (Å²) in [5.74, 6) is 2.72. The molecule has 20 heavy (non-hydrogen) atoms. The van der Waals surface area contributed by atoms with Crippen LogP contribution in [0.2, 0.25) is 5.02 Å². The third-order valence-corrected chi connectivity index (χ3v) is 5.47. The number of nitrogens with one attached hydrogen (secondary N) is 1. The third-order valence-electron chi connectivity index (χ3n) is 5.26. The van der Waals surface area contributed by atoms with Crippen LogP contribution in [-0.2, 0) is 13.0 Å². The van der Waals surface area contributed by atoms with Gasteiger partial charge >= 0.3 is 0 Å². The number of rotatable bonds is 2. The second-order valence-electron chi connectivity index (χ2n) is 6.40. The number of likely N-dealkylation sites (tertiary alicyclic amines) is 1. The predicted octanol–water partition coefficient (Wildman–Crippen LogP) is 2.31. The van der Waals surface area contributed by atoms with Crippen LogP contribution < -0.4 is 10.1 Å². The van der Waals surface area contributed by atoms with E-state index in [0.29, 0.717) is 6.04 Å². The molecule has 108 valence electrons. The number of halogens is 1. The SMILES string of the molecule is CC1C2CNCC2CN1Cc1cc(Cl)cc2c1OCC2. The van der Waals surface area contributed by atoms with Crippen LogP contribution in [0.25, 0.3) is 0 Å². The van der Waals surface area contributed by atoms with Gasteiger partial charge < -0.3 is 10.1 Å². The number of benzene rings is 1. The Morgan fingerprint density at radius 1 is 1.40 bits per heavy atom. The lowest BCUT2D eigenvalue weighted by atomic mass is 9.95. The second-order valence-corrected chi connectivity index (χ2v) is 6.84. The van der Waals surface area contributed by atoms with Gasteiger partial charge in [-0.3, -0.25) is 4.90 Å². The summed E-state index contributed by atoms with van der Waals surface area (Å²) >= 11 is 6.26. The van der Waals surface area contributed by atoms with Crippen LogP contribution in [0.5, 0.6) is 5.75 Å². The second kappa shape index (κ2) is 4.90. The minimum Gasteiger partial charge on any atom is -0.493 e. The van der Waals surface area contributed by atoms with Gasteiger partial charge in [0.25, 0.3) is 0 Å². The lowest BCUT2D eigenvalue weighted by molar-refractivity contribution is 0.227. The van der Waals surface area contributed by atoms with Gasteiger partial charge in [0.1, 0.15) is 5.75 Å². The van der Waals surface area contributed by atoms with Crippen LogP contribution in [-0.4, -0.2) is 37.2 Å². The largest absolute Gasteiger partial charge is 0.493 e. The summed E-state index contributed by atoms with van der Waals surface area (Å²) in [6, 6.07) is 4.79. The fraction of sp³-hybridized carbons (Fsp3) is 0.625. The molecule has 1 aromatic carbocycles. The lowest BCUT2D eigenvalue weighted by Gasteiger charge is -2.25. The fourth-order valence-corrected chi connectivity index (χ4v) is 4.41. The summed E-state index contributed by atoms with van der Waals surface area (Å²) in [5.41, 5.74) is 2.55. The summed E-state index contributed by atoms with van der Waals surface area (Å²) in [4.78, 5) is 2.60. The predicted molar refractivity (Wildman–Crippen MR) is 80.4 cm³/mol. The smallest absolute Gasteiger partial charge is 0.127 e. The molecule has 0 saturated carbocycles. The van der Waals surface area contributed by atoms with E-state index in [4.69, 9.17) is 16.3 Å². The minimum absolute atomic E-state index is 0.644. The fourth-order valence-electron chi connectivity index (χ4n) is 4.15. The maximum Gasteiger partial charge on any atom is 0.127 e.